The first-order valence-corrected chi connectivity index (χ1v) is 10.0. The number of hydrogen-bond donors (Lipinski definition) is 1. The molecule has 0 saturated heterocycles. The zero-order valence-electron chi connectivity index (χ0n) is 15.3. The van der Waals surface area contributed by atoms with E-state index in [0.717, 1.165) is 11.8 Å². The van der Waals surface area contributed by atoms with Crippen LogP contribution in [-0.4, -0.2) is 38.6 Å². The van der Waals surface area contributed by atoms with Crippen LogP contribution in [0.15, 0.2) is 23.4 Å². The second kappa shape index (κ2) is 9.37. The fourth-order valence-electron chi connectivity index (χ4n) is 2.32. The van der Waals surface area contributed by atoms with Gasteiger partial charge in [-0.25, -0.2) is 0 Å². The number of amides is 1. The lowest BCUT2D eigenvalue weighted by Gasteiger charge is -2.16. The number of hydrogen-bond acceptors (Lipinski definition) is 4. The van der Waals surface area contributed by atoms with Crippen LogP contribution in [0, 0.1) is 5.92 Å². The van der Waals surface area contributed by atoms with Crippen LogP contribution < -0.4 is 5.32 Å². The zero-order valence-corrected chi connectivity index (χ0v) is 17.7. The molecule has 0 fully saturated rings. The average molecular weight is 455 g/mol. The summed E-state index contributed by atoms with van der Waals surface area (Å²) in [4.78, 5) is 12.0. The van der Waals surface area contributed by atoms with Crippen molar-refractivity contribution in [1.29, 1.82) is 0 Å². The summed E-state index contributed by atoms with van der Waals surface area (Å²) in [6, 6.07) is 4.99. The second-order valence-corrected chi connectivity index (χ2v) is 8.68. The smallest absolute Gasteiger partial charge is 0.346 e. The van der Waals surface area contributed by atoms with Crippen LogP contribution in [0.5, 0.6) is 0 Å². The SMILES string of the molecule is CC(C)Cn1c(SC(C)C(=O)NCC(F)(F)F)nnc1-c1ccc(Cl)cc1Cl. The zero-order chi connectivity index (χ0) is 21.1. The number of rotatable bonds is 7. The maximum absolute atomic E-state index is 12.3. The Balaban J connectivity index is 2.27. The van der Waals surface area contributed by atoms with E-state index in [4.69, 9.17) is 23.2 Å². The predicted octanol–water partition coefficient (Wildman–Crippen LogP) is 5.07. The molecular formula is C17H19Cl2F3N4OS. The minimum atomic E-state index is -4.46. The normalized spacial score (nSPS) is 13.0. The Bertz CT molecular complexity index is 842. The molecule has 0 spiro atoms. The van der Waals surface area contributed by atoms with Crippen LogP contribution in [-0.2, 0) is 11.3 Å². The second-order valence-electron chi connectivity index (χ2n) is 6.53. The number of benzene rings is 1. The molecule has 1 N–H and O–H groups in total. The maximum Gasteiger partial charge on any atom is 0.405 e. The topological polar surface area (TPSA) is 59.8 Å². The van der Waals surface area contributed by atoms with Crippen molar-refractivity contribution in [2.45, 2.75) is 43.9 Å². The number of halogens is 5. The molecule has 0 aliphatic rings. The van der Waals surface area contributed by atoms with Gasteiger partial charge in [0, 0.05) is 17.1 Å². The Morgan fingerprint density at radius 3 is 2.50 bits per heavy atom. The Morgan fingerprint density at radius 2 is 1.93 bits per heavy atom. The van der Waals surface area contributed by atoms with Crippen molar-refractivity contribution in [2.24, 2.45) is 5.92 Å². The van der Waals surface area contributed by atoms with Gasteiger partial charge in [0.1, 0.15) is 6.54 Å². The molecule has 28 heavy (non-hydrogen) atoms. The van der Waals surface area contributed by atoms with Gasteiger partial charge in [0.2, 0.25) is 5.91 Å². The first kappa shape index (κ1) is 22.8. The molecule has 1 aromatic carbocycles. The Morgan fingerprint density at radius 1 is 1.25 bits per heavy atom. The van der Waals surface area contributed by atoms with Gasteiger partial charge >= 0.3 is 6.18 Å². The molecule has 0 aliphatic heterocycles. The fraction of sp³-hybridized carbons (Fsp3) is 0.471. The van der Waals surface area contributed by atoms with Crippen molar-refractivity contribution < 1.29 is 18.0 Å². The van der Waals surface area contributed by atoms with Gasteiger partial charge in [-0.05, 0) is 31.0 Å². The molecule has 1 atom stereocenters. The molecule has 2 aromatic rings. The Labute approximate surface area is 175 Å². The van der Waals surface area contributed by atoms with Crippen LogP contribution in [0.3, 0.4) is 0 Å². The van der Waals surface area contributed by atoms with Crippen molar-refractivity contribution >= 4 is 40.9 Å². The van der Waals surface area contributed by atoms with Gasteiger partial charge in [-0.15, -0.1) is 10.2 Å². The largest absolute Gasteiger partial charge is 0.405 e. The van der Waals surface area contributed by atoms with Crippen molar-refractivity contribution in [1.82, 2.24) is 20.1 Å². The molecule has 0 saturated carbocycles. The summed E-state index contributed by atoms with van der Waals surface area (Å²) in [5, 5.41) is 10.7. The highest BCUT2D eigenvalue weighted by atomic mass is 35.5. The van der Waals surface area contributed by atoms with E-state index in [1.54, 1.807) is 22.8 Å². The molecule has 1 heterocycles. The first-order chi connectivity index (χ1) is 13.0. The summed E-state index contributed by atoms with van der Waals surface area (Å²) < 4.78 is 38.7. The summed E-state index contributed by atoms with van der Waals surface area (Å²) in [5.41, 5.74) is 0.625. The van der Waals surface area contributed by atoms with E-state index in [1.165, 1.54) is 6.92 Å². The van der Waals surface area contributed by atoms with Gasteiger partial charge < -0.3 is 9.88 Å². The van der Waals surface area contributed by atoms with Gasteiger partial charge in [0.15, 0.2) is 11.0 Å². The summed E-state index contributed by atoms with van der Waals surface area (Å²) in [5.74, 6) is 0.00259. The Kier molecular flexibility index (Phi) is 7.64. The molecule has 1 aromatic heterocycles. The highest BCUT2D eigenvalue weighted by Gasteiger charge is 2.29. The van der Waals surface area contributed by atoms with Gasteiger partial charge in [0.05, 0.1) is 10.3 Å². The molecule has 154 valence electrons. The third-order valence-corrected chi connectivity index (χ3v) is 5.18. The van der Waals surface area contributed by atoms with Gasteiger partial charge in [-0.2, -0.15) is 13.2 Å². The van der Waals surface area contributed by atoms with Crippen molar-refractivity contribution in [3.63, 3.8) is 0 Å². The van der Waals surface area contributed by atoms with Crippen LogP contribution in [0.1, 0.15) is 20.8 Å². The summed E-state index contributed by atoms with van der Waals surface area (Å²) in [6.07, 6.45) is -4.46. The number of carbonyl (C=O) groups is 1. The summed E-state index contributed by atoms with van der Waals surface area (Å²) in [7, 11) is 0. The Hall–Kier alpha value is -1.45. The van der Waals surface area contributed by atoms with Crippen molar-refractivity contribution in [3.8, 4) is 11.4 Å². The first-order valence-electron chi connectivity index (χ1n) is 8.37. The van der Waals surface area contributed by atoms with Gasteiger partial charge in [0.25, 0.3) is 0 Å². The molecule has 0 bridgehead atoms. The van der Waals surface area contributed by atoms with Crippen LogP contribution in [0.25, 0.3) is 11.4 Å². The third-order valence-electron chi connectivity index (χ3n) is 3.55. The van der Waals surface area contributed by atoms with Gasteiger partial charge in [-0.3, -0.25) is 4.79 Å². The van der Waals surface area contributed by atoms with E-state index in [0.29, 0.717) is 33.1 Å². The van der Waals surface area contributed by atoms with Crippen molar-refractivity contribution in [2.75, 3.05) is 6.54 Å². The molecule has 1 unspecified atom stereocenters. The quantitative estimate of drug-likeness (QED) is 0.593. The molecule has 2 rings (SSSR count). The summed E-state index contributed by atoms with van der Waals surface area (Å²) in [6.45, 7) is 4.68. The lowest BCUT2D eigenvalue weighted by molar-refractivity contribution is -0.137. The lowest BCUT2D eigenvalue weighted by Crippen LogP contribution is -2.38. The van der Waals surface area contributed by atoms with Crippen molar-refractivity contribution in [3.05, 3.63) is 28.2 Å². The van der Waals surface area contributed by atoms with E-state index in [1.807, 2.05) is 19.2 Å². The number of aromatic nitrogens is 3. The lowest BCUT2D eigenvalue weighted by atomic mass is 10.2. The van der Waals surface area contributed by atoms with Crippen LogP contribution in [0.4, 0.5) is 13.2 Å². The van der Waals surface area contributed by atoms with Gasteiger partial charge in [-0.1, -0.05) is 48.8 Å². The molecular weight excluding hydrogens is 436 g/mol. The van der Waals surface area contributed by atoms with E-state index < -0.39 is 23.9 Å². The minimum absolute atomic E-state index is 0.231. The van der Waals surface area contributed by atoms with E-state index in [-0.39, 0.29) is 5.92 Å². The molecule has 11 heteroatoms. The maximum atomic E-state index is 12.3. The van der Waals surface area contributed by atoms with Crippen LogP contribution >= 0.6 is 35.0 Å². The minimum Gasteiger partial charge on any atom is -0.346 e. The van der Waals surface area contributed by atoms with E-state index in [2.05, 4.69) is 10.2 Å². The molecule has 0 radical (unpaired) electrons. The van der Waals surface area contributed by atoms with E-state index in [9.17, 15) is 18.0 Å². The van der Waals surface area contributed by atoms with Crippen LogP contribution in [0.2, 0.25) is 10.0 Å². The number of alkyl halides is 3. The number of carbonyl (C=O) groups excluding carboxylic acids is 1. The highest BCUT2D eigenvalue weighted by molar-refractivity contribution is 8.00. The monoisotopic (exact) mass is 454 g/mol. The third kappa shape index (κ3) is 6.28. The summed E-state index contributed by atoms with van der Waals surface area (Å²) >= 11 is 13.3. The highest BCUT2D eigenvalue weighted by Crippen LogP contribution is 2.33. The predicted molar refractivity (Wildman–Crippen MR) is 105 cm³/mol. The molecule has 5 nitrogen and oxygen atoms in total. The standard InChI is InChI=1S/C17H19Cl2F3N4OS/c1-9(2)7-26-14(12-5-4-11(18)6-13(12)19)24-25-16(26)28-10(3)15(27)23-8-17(20,21)22/h4-6,9-10H,7-8H2,1-3H3,(H,23,27). The average Bonchev–Trinajstić information content (AvgIpc) is 2.93. The molecule has 0 aliphatic carbocycles. The molecule has 1 amide bonds. The van der Waals surface area contributed by atoms with E-state index >= 15 is 0 Å². The number of nitrogens with one attached hydrogen (secondary N) is 1. The number of thioether (sulfide) groups is 1. The fourth-order valence-corrected chi connectivity index (χ4v) is 3.69. The number of nitrogens with zero attached hydrogens (tertiary/aromatic N) is 3.